The first-order chi connectivity index (χ1) is 19.3. The fourth-order valence-corrected chi connectivity index (χ4v) is 4.87. The van der Waals surface area contributed by atoms with Gasteiger partial charge in [-0.2, -0.15) is 0 Å². The Balaban J connectivity index is 0.000000191. The van der Waals surface area contributed by atoms with Crippen molar-refractivity contribution in [1.29, 1.82) is 0 Å². The largest absolute Gasteiger partial charge is 0.379 e. The molecular formula is C28H24B7Br2N2O2. The Labute approximate surface area is 265 Å². The van der Waals surface area contributed by atoms with Crippen LogP contribution < -0.4 is 0 Å². The summed E-state index contributed by atoms with van der Waals surface area (Å²) in [6.07, 6.45) is 2.62. The number of aryl methyl sites for hydroxylation is 1. The number of ketones is 1. The van der Waals surface area contributed by atoms with E-state index in [2.05, 4.69) is 36.8 Å². The van der Waals surface area contributed by atoms with Crippen LogP contribution in [-0.2, 0) is 12.6 Å². The third-order valence-corrected chi connectivity index (χ3v) is 7.45. The lowest BCUT2D eigenvalue weighted by atomic mass is 8.76. The summed E-state index contributed by atoms with van der Waals surface area (Å²) >= 11 is 6.90. The number of aromatic nitrogens is 2. The molecule has 1 heterocycles. The van der Waals surface area contributed by atoms with Gasteiger partial charge in [0.15, 0.2) is 5.78 Å². The summed E-state index contributed by atoms with van der Waals surface area (Å²) in [5.74, 6) is 0.105. The standard InChI is InChI=1S/C16H15BrN2O.C12H9BrO.B7/c1-16(20,15-9-19(2)10-18-15)14-5-3-4-11-6-7-12(17)8-13(11)14;1-8(14)11-4-2-3-9-5-6-10(13)7-12(9)11;1-5-7(4)6(2)3/h3-10,20H,1-2H3;2-7H,1H3;. The monoisotopic (exact) mass is 655 g/mol. The molecule has 0 amide bonds. The average Bonchev–Trinajstić information content (AvgIpc) is 3.39. The van der Waals surface area contributed by atoms with Gasteiger partial charge in [0.1, 0.15) is 5.60 Å². The van der Waals surface area contributed by atoms with Crippen LogP contribution >= 0.6 is 31.9 Å². The third-order valence-electron chi connectivity index (χ3n) is 6.46. The number of carbonyl (C=O) groups excluding carboxylic acids is 1. The molecule has 0 saturated heterocycles. The van der Waals surface area contributed by atoms with Crippen LogP contribution in [0.3, 0.4) is 0 Å². The molecule has 0 spiro atoms. The van der Waals surface area contributed by atoms with Gasteiger partial charge in [-0.3, -0.25) is 4.79 Å². The molecule has 0 saturated carbocycles. The maximum absolute atomic E-state index is 11.4. The first kappa shape index (κ1) is 33.2. The highest BCUT2D eigenvalue weighted by Crippen LogP contribution is 2.34. The second kappa shape index (κ2) is 14.7. The van der Waals surface area contributed by atoms with Gasteiger partial charge < -0.3 is 9.67 Å². The normalized spacial score (nSPS) is 11.9. The van der Waals surface area contributed by atoms with E-state index in [0.717, 1.165) is 41.6 Å². The maximum Gasteiger partial charge on any atom is 0.160 e. The van der Waals surface area contributed by atoms with E-state index in [1.54, 1.807) is 20.2 Å². The highest BCUT2D eigenvalue weighted by Gasteiger charge is 2.29. The third kappa shape index (κ3) is 8.59. The van der Waals surface area contributed by atoms with Crippen molar-refractivity contribution >= 4 is 110 Å². The molecule has 0 fully saturated rings. The second-order valence-corrected chi connectivity index (χ2v) is 11.6. The highest BCUT2D eigenvalue weighted by atomic mass is 79.9. The van der Waals surface area contributed by atoms with Crippen LogP contribution in [0.4, 0.5) is 0 Å². The minimum atomic E-state index is -1.12. The number of halogens is 2. The van der Waals surface area contributed by atoms with Gasteiger partial charge in [-0.15, -0.1) is 0 Å². The number of hydrogen-bond acceptors (Lipinski definition) is 3. The molecule has 0 bridgehead atoms. The Morgan fingerprint density at radius 2 is 1.51 bits per heavy atom. The molecule has 13 heteroatoms. The number of aliphatic hydroxyl groups is 1. The van der Waals surface area contributed by atoms with Gasteiger partial charge in [-0.05, 0) is 65.2 Å². The number of benzene rings is 4. The smallest absolute Gasteiger partial charge is 0.160 e. The van der Waals surface area contributed by atoms with Gasteiger partial charge >= 0.3 is 0 Å². The number of nitrogens with zero attached hydrogens (tertiary/aromatic N) is 2. The van der Waals surface area contributed by atoms with Crippen molar-refractivity contribution in [2.75, 3.05) is 0 Å². The molecular weight excluding hydrogens is 632 g/mol. The molecule has 4 aromatic carbocycles. The van der Waals surface area contributed by atoms with Crippen molar-refractivity contribution in [1.82, 2.24) is 9.55 Å². The zero-order chi connectivity index (χ0) is 30.3. The minimum Gasteiger partial charge on any atom is -0.379 e. The summed E-state index contributed by atoms with van der Waals surface area (Å²) in [5, 5.41) is 15.2. The molecule has 1 unspecified atom stereocenters. The summed E-state index contributed by atoms with van der Waals surface area (Å²) < 4.78 is 3.83. The van der Waals surface area contributed by atoms with Crippen molar-refractivity contribution in [3.8, 4) is 0 Å². The van der Waals surface area contributed by atoms with E-state index >= 15 is 0 Å². The average molecular weight is 656 g/mol. The van der Waals surface area contributed by atoms with Crippen molar-refractivity contribution in [2.45, 2.75) is 19.4 Å². The zero-order valence-corrected chi connectivity index (χ0v) is 26.3. The van der Waals surface area contributed by atoms with E-state index in [1.165, 1.54) is 7.06 Å². The number of imidazole rings is 1. The van der Waals surface area contributed by atoms with Crippen LogP contribution in [0.1, 0.15) is 35.5 Å². The predicted octanol–water partition coefficient (Wildman–Crippen LogP) is 4.73. The molecule has 0 aliphatic heterocycles. The van der Waals surface area contributed by atoms with E-state index in [-0.39, 0.29) is 12.2 Å². The zero-order valence-electron chi connectivity index (χ0n) is 23.1. The van der Waals surface area contributed by atoms with Gasteiger partial charge in [-0.25, -0.2) is 4.98 Å². The van der Waals surface area contributed by atoms with E-state index in [4.69, 9.17) is 30.9 Å². The molecule has 0 aliphatic rings. The fraction of sp³-hybridized carbons (Fsp3) is 0.143. The van der Waals surface area contributed by atoms with Crippen LogP contribution in [0.5, 0.6) is 0 Å². The molecule has 9 radical (unpaired) electrons. The van der Waals surface area contributed by atoms with E-state index in [9.17, 15) is 9.90 Å². The lowest BCUT2D eigenvalue weighted by Gasteiger charge is -2.23. The van der Waals surface area contributed by atoms with Crippen LogP contribution in [-0.4, -0.2) is 71.2 Å². The molecule has 4 nitrogen and oxygen atoms in total. The number of carbonyl (C=O) groups is 1. The number of fused-ring (bicyclic) bond motifs is 2. The van der Waals surface area contributed by atoms with E-state index in [0.29, 0.717) is 5.69 Å². The minimum absolute atomic E-state index is 0.105. The fourth-order valence-electron chi connectivity index (χ4n) is 4.15. The highest BCUT2D eigenvalue weighted by molar-refractivity contribution is 9.10. The van der Waals surface area contributed by atoms with Crippen molar-refractivity contribution in [3.05, 3.63) is 111 Å². The first-order valence-electron chi connectivity index (χ1n) is 12.8. The van der Waals surface area contributed by atoms with Crippen LogP contribution in [0.15, 0.2) is 94.3 Å². The number of hydrogen-bond donors (Lipinski definition) is 1. The van der Waals surface area contributed by atoms with E-state index in [1.807, 2.05) is 90.6 Å². The number of Topliss-reactive ketones (excluding diaryl/α,β-unsaturated/α-hetero) is 1. The topological polar surface area (TPSA) is 55.1 Å². The van der Waals surface area contributed by atoms with E-state index < -0.39 is 12.0 Å². The van der Waals surface area contributed by atoms with Crippen molar-refractivity contribution in [3.63, 3.8) is 0 Å². The molecule has 5 aromatic rings. The van der Waals surface area contributed by atoms with Gasteiger partial charge in [0, 0.05) is 78.5 Å². The molecule has 1 atom stereocenters. The van der Waals surface area contributed by atoms with Gasteiger partial charge in [-0.1, -0.05) is 80.4 Å². The van der Waals surface area contributed by atoms with Crippen molar-refractivity contribution < 1.29 is 9.90 Å². The molecule has 1 aromatic heterocycles. The van der Waals surface area contributed by atoms with Crippen molar-refractivity contribution in [2.24, 2.45) is 7.05 Å². The van der Waals surface area contributed by atoms with Gasteiger partial charge in [0.2, 0.25) is 0 Å². The molecule has 41 heavy (non-hydrogen) atoms. The first-order valence-corrected chi connectivity index (χ1v) is 14.3. The van der Waals surface area contributed by atoms with Crippen LogP contribution in [0, 0.1) is 0 Å². The maximum atomic E-state index is 11.4. The summed E-state index contributed by atoms with van der Waals surface area (Å²) in [6, 6.07) is 23.8. The Bertz CT molecular complexity index is 1650. The Kier molecular flexibility index (Phi) is 11.9. The summed E-state index contributed by atoms with van der Waals surface area (Å²) in [4.78, 5) is 15.6. The van der Waals surface area contributed by atoms with Crippen LogP contribution in [0.2, 0.25) is 0 Å². The lowest BCUT2D eigenvalue weighted by Crippen LogP contribution is -2.43. The Hall–Kier alpha value is -2.35. The summed E-state index contributed by atoms with van der Waals surface area (Å²) in [5.41, 5.74) is 1.16. The number of rotatable bonds is 5. The van der Waals surface area contributed by atoms with Crippen LogP contribution in [0.25, 0.3) is 21.5 Å². The molecule has 5 rings (SSSR count). The summed E-state index contributed by atoms with van der Waals surface area (Å²) in [6.45, 7) is 3.38. The predicted molar refractivity (Wildman–Crippen MR) is 185 cm³/mol. The Morgan fingerprint density at radius 3 is 2.00 bits per heavy atom. The summed E-state index contributed by atoms with van der Waals surface area (Å²) in [7, 11) is 23.5. The molecule has 193 valence electrons. The van der Waals surface area contributed by atoms with Gasteiger partial charge in [0.25, 0.3) is 0 Å². The molecule has 0 aliphatic carbocycles. The Morgan fingerprint density at radius 1 is 0.951 bits per heavy atom. The van der Waals surface area contributed by atoms with Gasteiger partial charge in [0.05, 0.1) is 12.0 Å². The second-order valence-electron chi connectivity index (χ2n) is 9.74. The lowest BCUT2D eigenvalue weighted by molar-refractivity contribution is 0.0992. The molecule has 1 N–H and O–H groups in total. The quantitative estimate of drug-likeness (QED) is 0.220. The SMILES string of the molecule is CC(=O)c1cccc2ccc(Br)cc12.Cn1cnc(C(C)(O)c2cccc3ccc(Br)cc23)c1.[B][B]B([B])B([B])[B].